The number of hydrogen-bond acceptors (Lipinski definition) is 1. The van der Waals surface area contributed by atoms with Gasteiger partial charge in [0.1, 0.15) is 0 Å². The molecule has 1 atom stereocenters. The predicted octanol–water partition coefficient (Wildman–Crippen LogP) is 2.49. The minimum atomic E-state index is 0.141. The molecule has 1 aromatic rings. The van der Waals surface area contributed by atoms with Crippen LogP contribution in [0.1, 0.15) is 24.9 Å². The van der Waals surface area contributed by atoms with Crippen molar-refractivity contribution in [1.29, 1.82) is 0 Å². The van der Waals surface area contributed by atoms with Crippen molar-refractivity contribution < 1.29 is 4.79 Å². The van der Waals surface area contributed by atoms with Crippen LogP contribution < -0.4 is 0 Å². The third-order valence-electron chi connectivity index (χ3n) is 2.55. The molecule has 0 saturated carbocycles. The van der Waals surface area contributed by atoms with Crippen molar-refractivity contribution in [2.45, 2.75) is 19.4 Å². The van der Waals surface area contributed by atoms with Crippen LogP contribution in [0.25, 0.3) is 0 Å². The molecular formula is C12H13NO. The maximum atomic E-state index is 11.5. The summed E-state index contributed by atoms with van der Waals surface area (Å²) in [5, 5.41) is 0. The summed E-state index contributed by atoms with van der Waals surface area (Å²) in [5.41, 5.74) is 1.17. The van der Waals surface area contributed by atoms with Gasteiger partial charge in [0.15, 0.2) is 0 Å². The van der Waals surface area contributed by atoms with Crippen LogP contribution in [0.4, 0.5) is 0 Å². The molecule has 0 saturated heterocycles. The topological polar surface area (TPSA) is 20.3 Å². The molecule has 0 aliphatic carbocycles. The Kier molecular flexibility index (Phi) is 2.35. The number of benzene rings is 1. The molecule has 1 aliphatic heterocycles. The van der Waals surface area contributed by atoms with Gasteiger partial charge in [0.05, 0.1) is 6.04 Å². The Morgan fingerprint density at radius 3 is 2.57 bits per heavy atom. The second-order valence-corrected chi connectivity index (χ2v) is 3.48. The molecule has 1 heterocycles. The number of carbonyl (C=O) groups excluding carboxylic acids is 1. The standard InChI is InChI=1S/C12H13NO/c1-10(11-6-3-2-4-7-11)13-9-5-8-12(13)14/h2-7,9-10H,8H2,1H3. The highest BCUT2D eigenvalue weighted by Gasteiger charge is 2.21. The molecule has 0 aromatic heterocycles. The highest BCUT2D eigenvalue weighted by atomic mass is 16.2. The Hall–Kier alpha value is -1.57. The molecule has 1 aliphatic rings. The maximum Gasteiger partial charge on any atom is 0.230 e. The lowest BCUT2D eigenvalue weighted by Crippen LogP contribution is -2.24. The first-order chi connectivity index (χ1) is 6.79. The zero-order chi connectivity index (χ0) is 9.97. The molecule has 2 heteroatoms. The van der Waals surface area contributed by atoms with Crippen LogP contribution >= 0.6 is 0 Å². The van der Waals surface area contributed by atoms with Crippen LogP contribution in [-0.2, 0) is 4.79 Å². The fourth-order valence-corrected chi connectivity index (χ4v) is 1.69. The van der Waals surface area contributed by atoms with Crippen molar-refractivity contribution >= 4 is 5.91 Å². The van der Waals surface area contributed by atoms with E-state index in [-0.39, 0.29) is 11.9 Å². The van der Waals surface area contributed by atoms with Crippen molar-refractivity contribution in [3.63, 3.8) is 0 Å². The molecule has 1 aromatic carbocycles. The van der Waals surface area contributed by atoms with Crippen LogP contribution in [0.5, 0.6) is 0 Å². The van der Waals surface area contributed by atoms with E-state index in [4.69, 9.17) is 0 Å². The average Bonchev–Trinajstić information content (AvgIpc) is 2.65. The third-order valence-corrected chi connectivity index (χ3v) is 2.55. The smallest absolute Gasteiger partial charge is 0.230 e. The van der Waals surface area contributed by atoms with Crippen molar-refractivity contribution in [2.24, 2.45) is 0 Å². The van der Waals surface area contributed by atoms with Gasteiger partial charge >= 0.3 is 0 Å². The van der Waals surface area contributed by atoms with Gasteiger partial charge < -0.3 is 4.90 Å². The van der Waals surface area contributed by atoms with Gasteiger partial charge in [0, 0.05) is 12.6 Å². The van der Waals surface area contributed by atoms with Crippen LogP contribution in [0.2, 0.25) is 0 Å². The highest BCUT2D eigenvalue weighted by molar-refractivity contribution is 5.81. The number of hydrogen-bond donors (Lipinski definition) is 0. The van der Waals surface area contributed by atoms with E-state index in [2.05, 4.69) is 0 Å². The van der Waals surface area contributed by atoms with Gasteiger partial charge in [-0.1, -0.05) is 36.4 Å². The maximum absolute atomic E-state index is 11.5. The van der Waals surface area contributed by atoms with Gasteiger partial charge in [-0.25, -0.2) is 0 Å². The summed E-state index contributed by atoms with van der Waals surface area (Å²) in [5.74, 6) is 0.182. The van der Waals surface area contributed by atoms with Gasteiger partial charge in [-0.2, -0.15) is 0 Å². The first-order valence-corrected chi connectivity index (χ1v) is 4.82. The largest absolute Gasteiger partial charge is 0.312 e. The second kappa shape index (κ2) is 3.66. The predicted molar refractivity (Wildman–Crippen MR) is 55.5 cm³/mol. The van der Waals surface area contributed by atoms with Crippen molar-refractivity contribution in [3.05, 3.63) is 48.2 Å². The molecule has 14 heavy (non-hydrogen) atoms. The summed E-state index contributed by atoms with van der Waals surface area (Å²) in [4.78, 5) is 13.2. The van der Waals surface area contributed by atoms with E-state index in [0.717, 1.165) is 0 Å². The average molecular weight is 187 g/mol. The lowest BCUT2D eigenvalue weighted by molar-refractivity contribution is -0.128. The van der Waals surface area contributed by atoms with Crippen molar-refractivity contribution in [3.8, 4) is 0 Å². The number of carbonyl (C=O) groups is 1. The number of amides is 1. The summed E-state index contributed by atoms with van der Waals surface area (Å²) in [6, 6.07) is 10.2. The number of rotatable bonds is 2. The van der Waals surface area contributed by atoms with E-state index in [1.54, 1.807) is 4.90 Å². The Morgan fingerprint density at radius 1 is 1.29 bits per heavy atom. The van der Waals surface area contributed by atoms with Crippen LogP contribution in [-0.4, -0.2) is 10.8 Å². The van der Waals surface area contributed by atoms with Gasteiger partial charge in [-0.3, -0.25) is 4.79 Å². The molecular weight excluding hydrogens is 174 g/mol. The number of nitrogens with zero attached hydrogens (tertiary/aromatic N) is 1. The summed E-state index contributed by atoms with van der Waals surface area (Å²) < 4.78 is 0. The van der Waals surface area contributed by atoms with E-state index < -0.39 is 0 Å². The summed E-state index contributed by atoms with van der Waals surface area (Å²) in [6.45, 7) is 2.04. The lowest BCUT2D eigenvalue weighted by Gasteiger charge is -2.22. The first-order valence-electron chi connectivity index (χ1n) is 4.82. The monoisotopic (exact) mass is 187 g/mol. The van der Waals surface area contributed by atoms with Crippen molar-refractivity contribution in [1.82, 2.24) is 4.90 Å². The lowest BCUT2D eigenvalue weighted by atomic mass is 10.1. The Bertz CT molecular complexity index is 356. The molecule has 2 rings (SSSR count). The molecule has 1 unspecified atom stereocenters. The fourth-order valence-electron chi connectivity index (χ4n) is 1.69. The quantitative estimate of drug-likeness (QED) is 0.696. The van der Waals surface area contributed by atoms with Gasteiger partial charge in [-0.15, -0.1) is 0 Å². The fraction of sp³-hybridized carbons (Fsp3) is 0.250. The van der Waals surface area contributed by atoms with E-state index in [0.29, 0.717) is 6.42 Å². The molecule has 0 bridgehead atoms. The summed E-state index contributed by atoms with van der Waals surface area (Å²) in [6.07, 6.45) is 4.32. The molecule has 0 radical (unpaired) electrons. The summed E-state index contributed by atoms with van der Waals surface area (Å²) >= 11 is 0. The third kappa shape index (κ3) is 1.55. The van der Waals surface area contributed by atoms with Crippen LogP contribution in [0, 0.1) is 0 Å². The van der Waals surface area contributed by atoms with Gasteiger partial charge in [0.25, 0.3) is 0 Å². The molecule has 0 fully saturated rings. The Balaban J connectivity index is 2.20. The molecule has 0 spiro atoms. The highest BCUT2D eigenvalue weighted by Crippen LogP contribution is 2.23. The Morgan fingerprint density at radius 2 is 2.00 bits per heavy atom. The zero-order valence-electron chi connectivity index (χ0n) is 8.18. The van der Waals surface area contributed by atoms with Crippen LogP contribution in [0.15, 0.2) is 42.6 Å². The molecule has 1 amide bonds. The first kappa shape index (κ1) is 9.00. The van der Waals surface area contributed by atoms with E-state index in [9.17, 15) is 4.79 Å². The summed E-state index contributed by atoms with van der Waals surface area (Å²) in [7, 11) is 0. The Labute approximate surface area is 83.8 Å². The van der Waals surface area contributed by atoms with E-state index >= 15 is 0 Å². The van der Waals surface area contributed by atoms with E-state index in [1.165, 1.54) is 5.56 Å². The molecule has 0 N–H and O–H groups in total. The zero-order valence-corrected chi connectivity index (χ0v) is 8.18. The van der Waals surface area contributed by atoms with E-state index in [1.807, 2.05) is 49.5 Å². The normalized spacial score (nSPS) is 17.5. The van der Waals surface area contributed by atoms with Gasteiger partial charge in [0.2, 0.25) is 5.91 Å². The minimum absolute atomic E-state index is 0.141. The molecule has 2 nitrogen and oxygen atoms in total. The molecule has 72 valence electrons. The van der Waals surface area contributed by atoms with Crippen LogP contribution in [0.3, 0.4) is 0 Å². The van der Waals surface area contributed by atoms with Crippen molar-refractivity contribution in [2.75, 3.05) is 0 Å². The second-order valence-electron chi connectivity index (χ2n) is 3.48. The SMILES string of the molecule is CC(c1ccccc1)N1C=CCC1=O. The minimum Gasteiger partial charge on any atom is -0.312 e. The van der Waals surface area contributed by atoms with Gasteiger partial charge in [-0.05, 0) is 12.5 Å².